The van der Waals surface area contributed by atoms with Gasteiger partial charge in [0.05, 0.1) is 12.7 Å². The van der Waals surface area contributed by atoms with E-state index in [-0.39, 0.29) is 11.7 Å². The van der Waals surface area contributed by atoms with Gasteiger partial charge in [-0.2, -0.15) is 0 Å². The molecule has 0 aromatic rings. The van der Waals surface area contributed by atoms with Gasteiger partial charge in [0, 0.05) is 19.0 Å². The Morgan fingerprint density at radius 3 is 3.00 bits per heavy atom. The Kier molecular flexibility index (Phi) is 2.70. The minimum atomic E-state index is -0.452. The lowest BCUT2D eigenvalue weighted by Crippen LogP contribution is -2.34. The fraction of sp³-hybridized carbons (Fsp3) is 0.625. The normalized spacial score (nSPS) is 24.0. The van der Waals surface area contributed by atoms with Crippen LogP contribution < -0.4 is 5.32 Å². The molecule has 0 fully saturated rings. The summed E-state index contributed by atoms with van der Waals surface area (Å²) < 4.78 is 4.51. The molecule has 0 bridgehead atoms. The van der Waals surface area contributed by atoms with E-state index < -0.39 is 5.97 Å². The molecule has 1 heterocycles. The van der Waals surface area contributed by atoms with E-state index in [9.17, 15) is 9.90 Å². The van der Waals surface area contributed by atoms with Gasteiger partial charge in [-0.05, 0) is 0 Å². The first kappa shape index (κ1) is 9.06. The molecule has 0 saturated heterocycles. The highest BCUT2D eigenvalue weighted by Gasteiger charge is 2.23. The van der Waals surface area contributed by atoms with Crippen molar-refractivity contribution in [1.82, 2.24) is 5.32 Å². The van der Waals surface area contributed by atoms with Crippen LogP contribution in [-0.4, -0.2) is 31.3 Å². The zero-order chi connectivity index (χ0) is 9.14. The number of rotatable bonds is 1. The van der Waals surface area contributed by atoms with Crippen LogP contribution in [0, 0.1) is 5.92 Å². The van der Waals surface area contributed by atoms with Crippen LogP contribution >= 0.6 is 0 Å². The summed E-state index contributed by atoms with van der Waals surface area (Å²) >= 11 is 0. The van der Waals surface area contributed by atoms with E-state index in [0.29, 0.717) is 18.7 Å². The molecule has 68 valence electrons. The van der Waals surface area contributed by atoms with Gasteiger partial charge < -0.3 is 15.2 Å². The fourth-order valence-electron chi connectivity index (χ4n) is 1.20. The zero-order valence-corrected chi connectivity index (χ0v) is 7.26. The van der Waals surface area contributed by atoms with Gasteiger partial charge in [-0.1, -0.05) is 6.92 Å². The van der Waals surface area contributed by atoms with Crippen molar-refractivity contribution in [3.8, 4) is 0 Å². The smallest absolute Gasteiger partial charge is 0.338 e. The number of carbonyl (C=O) groups excluding carboxylic acids is 1. The Morgan fingerprint density at radius 1 is 1.75 bits per heavy atom. The molecule has 0 aliphatic carbocycles. The molecule has 0 aromatic carbocycles. The zero-order valence-electron chi connectivity index (χ0n) is 7.26. The molecule has 1 atom stereocenters. The van der Waals surface area contributed by atoms with Crippen molar-refractivity contribution in [2.75, 3.05) is 20.2 Å². The molecule has 0 saturated carbocycles. The average Bonchev–Trinajstić information content (AvgIpc) is 2.08. The number of aliphatic hydroxyl groups excluding tert-OH is 1. The predicted molar refractivity (Wildman–Crippen MR) is 43.7 cm³/mol. The summed E-state index contributed by atoms with van der Waals surface area (Å²) in [4.78, 5) is 11.0. The standard InChI is InChI=1S/C8H13NO3/c1-5-3-9-4-6(7(5)10)8(11)12-2/h5,9-10H,3-4H2,1-2H3. The molecule has 4 heteroatoms. The lowest BCUT2D eigenvalue weighted by molar-refractivity contribution is -0.136. The Balaban J connectivity index is 2.85. The molecule has 1 aliphatic heterocycles. The van der Waals surface area contributed by atoms with Gasteiger partial charge in [-0.3, -0.25) is 0 Å². The van der Waals surface area contributed by atoms with Crippen LogP contribution in [0.25, 0.3) is 0 Å². The maximum Gasteiger partial charge on any atom is 0.338 e. The number of aliphatic hydroxyl groups is 1. The van der Waals surface area contributed by atoms with Crippen molar-refractivity contribution in [1.29, 1.82) is 0 Å². The van der Waals surface area contributed by atoms with Crippen molar-refractivity contribution >= 4 is 5.97 Å². The third kappa shape index (κ3) is 1.58. The van der Waals surface area contributed by atoms with Crippen molar-refractivity contribution in [2.24, 2.45) is 5.92 Å². The van der Waals surface area contributed by atoms with Crippen LogP contribution in [0.4, 0.5) is 0 Å². The largest absolute Gasteiger partial charge is 0.511 e. The fourth-order valence-corrected chi connectivity index (χ4v) is 1.20. The number of nitrogens with one attached hydrogen (secondary N) is 1. The van der Waals surface area contributed by atoms with Crippen LogP contribution in [0.3, 0.4) is 0 Å². The molecule has 2 N–H and O–H groups in total. The molecule has 0 spiro atoms. The monoisotopic (exact) mass is 171 g/mol. The number of esters is 1. The highest BCUT2D eigenvalue weighted by molar-refractivity contribution is 5.89. The Morgan fingerprint density at radius 2 is 2.42 bits per heavy atom. The minimum Gasteiger partial charge on any atom is -0.511 e. The molecule has 0 radical (unpaired) electrons. The molecule has 0 amide bonds. The van der Waals surface area contributed by atoms with Crippen LogP contribution in [0.5, 0.6) is 0 Å². The number of carbonyl (C=O) groups is 1. The molecular formula is C8H13NO3. The Hall–Kier alpha value is -1.03. The second kappa shape index (κ2) is 3.58. The molecule has 1 rings (SSSR count). The van der Waals surface area contributed by atoms with Crippen LogP contribution in [0.1, 0.15) is 6.92 Å². The summed E-state index contributed by atoms with van der Waals surface area (Å²) in [5.74, 6) is -0.306. The Bertz CT molecular complexity index is 222. The van der Waals surface area contributed by atoms with Gasteiger partial charge in [0.25, 0.3) is 0 Å². The Labute approximate surface area is 71.2 Å². The summed E-state index contributed by atoms with van der Waals surface area (Å²) in [6.45, 7) is 2.94. The summed E-state index contributed by atoms with van der Waals surface area (Å²) in [5, 5.41) is 12.5. The second-order valence-corrected chi connectivity index (χ2v) is 2.89. The maximum atomic E-state index is 11.0. The third-order valence-electron chi connectivity index (χ3n) is 1.96. The first-order valence-electron chi connectivity index (χ1n) is 3.88. The minimum absolute atomic E-state index is 0.00662. The number of hydrogen-bond acceptors (Lipinski definition) is 4. The van der Waals surface area contributed by atoms with E-state index >= 15 is 0 Å². The quantitative estimate of drug-likeness (QED) is 0.554. The van der Waals surface area contributed by atoms with Crippen LogP contribution in [0.2, 0.25) is 0 Å². The van der Waals surface area contributed by atoms with Gasteiger partial charge >= 0.3 is 5.97 Å². The van der Waals surface area contributed by atoms with Gasteiger partial charge in [-0.25, -0.2) is 4.79 Å². The molecule has 12 heavy (non-hydrogen) atoms. The van der Waals surface area contributed by atoms with Crippen molar-refractivity contribution in [2.45, 2.75) is 6.92 Å². The van der Waals surface area contributed by atoms with Crippen molar-refractivity contribution in [3.05, 3.63) is 11.3 Å². The van der Waals surface area contributed by atoms with Gasteiger partial charge in [0.1, 0.15) is 5.76 Å². The summed E-state index contributed by atoms with van der Waals surface area (Å²) in [6, 6.07) is 0. The second-order valence-electron chi connectivity index (χ2n) is 2.89. The van der Waals surface area contributed by atoms with Gasteiger partial charge in [-0.15, -0.1) is 0 Å². The highest BCUT2D eigenvalue weighted by atomic mass is 16.5. The first-order valence-corrected chi connectivity index (χ1v) is 3.88. The summed E-state index contributed by atoms with van der Waals surface area (Å²) in [7, 11) is 1.31. The van der Waals surface area contributed by atoms with Gasteiger partial charge in [0.15, 0.2) is 0 Å². The lowest BCUT2D eigenvalue weighted by Gasteiger charge is -2.21. The number of methoxy groups -OCH3 is 1. The van der Waals surface area contributed by atoms with Crippen LogP contribution in [-0.2, 0) is 9.53 Å². The van der Waals surface area contributed by atoms with E-state index in [1.165, 1.54) is 7.11 Å². The predicted octanol–water partition coefficient (Wildman–Crippen LogP) is 0.211. The number of ether oxygens (including phenoxy) is 1. The average molecular weight is 171 g/mol. The van der Waals surface area contributed by atoms with E-state index in [0.717, 1.165) is 0 Å². The van der Waals surface area contributed by atoms with E-state index in [1.54, 1.807) is 0 Å². The van der Waals surface area contributed by atoms with E-state index in [4.69, 9.17) is 0 Å². The van der Waals surface area contributed by atoms with Crippen molar-refractivity contribution < 1.29 is 14.6 Å². The lowest BCUT2D eigenvalue weighted by atomic mass is 10.0. The van der Waals surface area contributed by atoms with Crippen molar-refractivity contribution in [3.63, 3.8) is 0 Å². The molecular weight excluding hydrogens is 158 g/mol. The maximum absolute atomic E-state index is 11.0. The van der Waals surface area contributed by atoms with E-state index in [2.05, 4.69) is 10.1 Å². The van der Waals surface area contributed by atoms with Crippen LogP contribution in [0.15, 0.2) is 11.3 Å². The topological polar surface area (TPSA) is 58.6 Å². The molecule has 4 nitrogen and oxygen atoms in total. The first-order chi connectivity index (χ1) is 5.66. The molecule has 1 unspecified atom stereocenters. The SMILES string of the molecule is COC(=O)C1=C(O)C(C)CNC1. The third-order valence-corrected chi connectivity index (χ3v) is 1.96. The molecule has 1 aliphatic rings. The van der Waals surface area contributed by atoms with E-state index in [1.807, 2.05) is 6.92 Å². The summed E-state index contributed by atoms with van der Waals surface area (Å²) in [5.41, 5.74) is 0.344. The molecule has 0 aromatic heterocycles. The highest BCUT2D eigenvalue weighted by Crippen LogP contribution is 2.16. The van der Waals surface area contributed by atoms with Gasteiger partial charge in [0.2, 0.25) is 0 Å². The number of hydrogen-bond donors (Lipinski definition) is 2. The summed E-state index contributed by atoms with van der Waals surface area (Å²) in [6.07, 6.45) is 0.